The predicted molar refractivity (Wildman–Crippen MR) is 99.2 cm³/mol. The molecule has 1 saturated carbocycles. The minimum atomic E-state index is -0.273. The number of nitrogens with one attached hydrogen (secondary N) is 1. The highest BCUT2D eigenvalue weighted by molar-refractivity contribution is 5.89. The third kappa shape index (κ3) is 3.37. The summed E-state index contributed by atoms with van der Waals surface area (Å²) in [5.41, 5.74) is 2.28. The smallest absolute Gasteiger partial charge is 0.233 e. The summed E-state index contributed by atoms with van der Waals surface area (Å²) in [6.45, 7) is 5.04. The van der Waals surface area contributed by atoms with Gasteiger partial charge in [-0.3, -0.25) is 4.79 Å². The van der Waals surface area contributed by atoms with Gasteiger partial charge in [0.15, 0.2) is 0 Å². The summed E-state index contributed by atoms with van der Waals surface area (Å²) in [5.74, 6) is 1.00. The number of amides is 1. The lowest BCUT2D eigenvalue weighted by atomic mass is 9.67. The van der Waals surface area contributed by atoms with Gasteiger partial charge in [0.05, 0.1) is 5.41 Å². The fourth-order valence-electron chi connectivity index (χ4n) is 4.87. The van der Waals surface area contributed by atoms with E-state index in [9.17, 15) is 4.79 Å². The molecule has 0 aromatic heterocycles. The first kappa shape index (κ1) is 17.5. The number of carbonyl (C=O) groups is 1. The molecular weight excluding hydrogens is 296 g/mol. The zero-order valence-corrected chi connectivity index (χ0v) is 15.3. The molecule has 132 valence electrons. The molecule has 1 N–H and O–H groups in total. The van der Waals surface area contributed by atoms with Crippen LogP contribution in [0.2, 0.25) is 0 Å². The largest absolute Gasteiger partial charge is 0.342 e. The lowest BCUT2D eigenvalue weighted by Crippen LogP contribution is -2.52. The van der Waals surface area contributed by atoms with E-state index in [-0.39, 0.29) is 5.41 Å². The van der Waals surface area contributed by atoms with E-state index in [1.807, 2.05) is 7.05 Å². The van der Waals surface area contributed by atoms with Crippen LogP contribution in [0.15, 0.2) is 24.3 Å². The number of piperidine rings is 1. The van der Waals surface area contributed by atoms with Crippen molar-refractivity contribution in [1.29, 1.82) is 0 Å². The summed E-state index contributed by atoms with van der Waals surface area (Å²) in [7, 11) is 2.01. The summed E-state index contributed by atoms with van der Waals surface area (Å²) in [6.07, 6.45) is 8.03. The molecule has 0 spiro atoms. The minimum absolute atomic E-state index is 0.273. The Bertz CT molecular complexity index is 561. The Morgan fingerprint density at radius 3 is 2.67 bits per heavy atom. The first-order valence-corrected chi connectivity index (χ1v) is 9.67. The molecule has 1 atom stereocenters. The molecular formula is C21H32N2O. The maximum Gasteiger partial charge on any atom is 0.233 e. The standard InChI is InChI=1S/C21H32N2O/c1-17-9-4-5-11-19(17)21(12-6-3-7-13-21)20(24)23-14-8-10-18(16-23)15-22-2/h4-5,9,11,18,22H,3,6-8,10,12-16H2,1-2H3. The Kier molecular flexibility index (Phi) is 5.60. The lowest BCUT2D eigenvalue weighted by molar-refractivity contribution is -0.140. The lowest BCUT2D eigenvalue weighted by Gasteiger charge is -2.43. The topological polar surface area (TPSA) is 32.3 Å². The highest BCUT2D eigenvalue weighted by Crippen LogP contribution is 2.42. The number of carbonyl (C=O) groups excluding carboxylic acids is 1. The zero-order valence-electron chi connectivity index (χ0n) is 15.3. The van der Waals surface area contributed by atoms with Crippen LogP contribution in [0.1, 0.15) is 56.1 Å². The number of hydrogen-bond donors (Lipinski definition) is 1. The number of hydrogen-bond acceptors (Lipinski definition) is 2. The molecule has 3 heteroatoms. The van der Waals surface area contributed by atoms with Crippen molar-refractivity contribution < 1.29 is 4.79 Å². The van der Waals surface area contributed by atoms with Gasteiger partial charge in [0.25, 0.3) is 0 Å². The van der Waals surface area contributed by atoms with Crippen molar-refractivity contribution in [2.45, 2.75) is 57.3 Å². The van der Waals surface area contributed by atoms with Crippen molar-refractivity contribution in [2.24, 2.45) is 5.92 Å². The van der Waals surface area contributed by atoms with E-state index >= 15 is 0 Å². The Morgan fingerprint density at radius 1 is 1.21 bits per heavy atom. The Labute approximate surface area is 146 Å². The molecule has 1 aliphatic heterocycles. The fourth-order valence-corrected chi connectivity index (χ4v) is 4.87. The quantitative estimate of drug-likeness (QED) is 0.915. The first-order chi connectivity index (χ1) is 11.7. The molecule has 3 rings (SSSR count). The number of nitrogens with zero attached hydrogens (tertiary/aromatic N) is 1. The third-order valence-electron chi connectivity index (χ3n) is 6.08. The van der Waals surface area contributed by atoms with E-state index in [1.54, 1.807) is 0 Å². The molecule has 1 aromatic rings. The first-order valence-electron chi connectivity index (χ1n) is 9.67. The number of benzene rings is 1. The third-order valence-corrected chi connectivity index (χ3v) is 6.08. The van der Waals surface area contributed by atoms with Crippen LogP contribution in [-0.4, -0.2) is 37.5 Å². The molecule has 2 aliphatic rings. The van der Waals surface area contributed by atoms with E-state index in [2.05, 4.69) is 41.4 Å². The molecule has 3 nitrogen and oxygen atoms in total. The Balaban J connectivity index is 1.88. The fraction of sp³-hybridized carbons (Fsp3) is 0.667. The summed E-state index contributed by atoms with van der Waals surface area (Å²) in [6, 6.07) is 8.56. The van der Waals surface area contributed by atoms with Gasteiger partial charge in [-0.05, 0) is 63.2 Å². The average Bonchev–Trinajstić information content (AvgIpc) is 2.62. The Morgan fingerprint density at radius 2 is 1.96 bits per heavy atom. The van der Waals surface area contributed by atoms with Crippen LogP contribution in [0, 0.1) is 12.8 Å². The summed E-state index contributed by atoms with van der Waals surface area (Å²) < 4.78 is 0. The molecule has 1 saturated heterocycles. The van der Waals surface area contributed by atoms with Gasteiger partial charge in [-0.15, -0.1) is 0 Å². The predicted octanol–water partition coefficient (Wildman–Crippen LogP) is 3.65. The minimum Gasteiger partial charge on any atom is -0.342 e. The number of rotatable bonds is 4. The van der Waals surface area contributed by atoms with Gasteiger partial charge in [0.2, 0.25) is 5.91 Å². The molecule has 1 heterocycles. The zero-order chi connectivity index (χ0) is 17.0. The van der Waals surface area contributed by atoms with Gasteiger partial charge < -0.3 is 10.2 Å². The molecule has 1 unspecified atom stereocenters. The van der Waals surface area contributed by atoms with Crippen LogP contribution in [0.4, 0.5) is 0 Å². The van der Waals surface area contributed by atoms with Crippen molar-refractivity contribution in [3.05, 3.63) is 35.4 Å². The van der Waals surface area contributed by atoms with Crippen molar-refractivity contribution in [2.75, 3.05) is 26.7 Å². The monoisotopic (exact) mass is 328 g/mol. The van der Waals surface area contributed by atoms with Crippen molar-refractivity contribution in [1.82, 2.24) is 10.2 Å². The molecule has 0 bridgehead atoms. The van der Waals surface area contributed by atoms with Crippen LogP contribution in [-0.2, 0) is 10.2 Å². The van der Waals surface area contributed by atoms with E-state index in [0.29, 0.717) is 11.8 Å². The molecule has 24 heavy (non-hydrogen) atoms. The van der Waals surface area contributed by atoms with Crippen LogP contribution >= 0.6 is 0 Å². The van der Waals surface area contributed by atoms with Crippen LogP contribution in [0.5, 0.6) is 0 Å². The maximum atomic E-state index is 13.7. The summed E-state index contributed by atoms with van der Waals surface area (Å²) >= 11 is 0. The second-order valence-electron chi connectivity index (χ2n) is 7.77. The van der Waals surface area contributed by atoms with Crippen molar-refractivity contribution in [3.63, 3.8) is 0 Å². The van der Waals surface area contributed by atoms with Gasteiger partial charge in [0.1, 0.15) is 0 Å². The molecule has 1 aliphatic carbocycles. The van der Waals surface area contributed by atoms with Gasteiger partial charge in [0, 0.05) is 13.1 Å². The summed E-state index contributed by atoms with van der Waals surface area (Å²) in [5, 5.41) is 3.29. The van der Waals surface area contributed by atoms with E-state index in [0.717, 1.165) is 38.9 Å². The van der Waals surface area contributed by atoms with Gasteiger partial charge in [-0.25, -0.2) is 0 Å². The average molecular weight is 329 g/mol. The molecule has 1 amide bonds. The van der Waals surface area contributed by atoms with Crippen LogP contribution < -0.4 is 5.32 Å². The molecule has 2 fully saturated rings. The van der Waals surface area contributed by atoms with Crippen LogP contribution in [0.3, 0.4) is 0 Å². The maximum absolute atomic E-state index is 13.7. The van der Waals surface area contributed by atoms with E-state index in [1.165, 1.54) is 36.8 Å². The highest BCUT2D eigenvalue weighted by atomic mass is 16.2. The van der Waals surface area contributed by atoms with Gasteiger partial charge in [-0.1, -0.05) is 43.5 Å². The molecule has 1 aromatic carbocycles. The Hall–Kier alpha value is -1.35. The number of aryl methyl sites for hydroxylation is 1. The van der Waals surface area contributed by atoms with Crippen molar-refractivity contribution >= 4 is 5.91 Å². The second kappa shape index (κ2) is 7.69. The van der Waals surface area contributed by atoms with Crippen LogP contribution in [0.25, 0.3) is 0 Å². The normalized spacial score (nSPS) is 23.9. The SMILES string of the molecule is CNCC1CCCN(C(=O)C2(c3ccccc3C)CCCCC2)C1. The van der Waals surface area contributed by atoms with Gasteiger partial charge in [-0.2, -0.15) is 0 Å². The van der Waals surface area contributed by atoms with Crippen molar-refractivity contribution in [3.8, 4) is 0 Å². The second-order valence-corrected chi connectivity index (χ2v) is 7.77. The summed E-state index contributed by atoms with van der Waals surface area (Å²) in [4.78, 5) is 15.9. The van der Waals surface area contributed by atoms with E-state index in [4.69, 9.17) is 0 Å². The van der Waals surface area contributed by atoms with Gasteiger partial charge >= 0.3 is 0 Å². The van der Waals surface area contributed by atoms with E-state index < -0.39 is 0 Å². The highest BCUT2D eigenvalue weighted by Gasteiger charge is 2.44. The number of likely N-dealkylation sites (tertiary alicyclic amines) is 1. The molecule has 0 radical (unpaired) electrons.